The van der Waals surface area contributed by atoms with Crippen LogP contribution in [0.1, 0.15) is 85.0 Å². The highest BCUT2D eigenvalue weighted by atomic mass is 16.6. The summed E-state index contributed by atoms with van der Waals surface area (Å²) in [6.07, 6.45) is 12.3. The zero-order valence-corrected chi connectivity index (χ0v) is 13.8. The lowest BCUT2D eigenvalue weighted by Gasteiger charge is -2.19. The molecule has 0 aromatic heterocycles. The molecule has 3 heteroatoms. The van der Waals surface area contributed by atoms with Gasteiger partial charge in [-0.2, -0.15) is 0 Å². The maximum atomic E-state index is 11.4. The van der Waals surface area contributed by atoms with Crippen LogP contribution in [0.3, 0.4) is 0 Å². The summed E-state index contributed by atoms with van der Waals surface area (Å²) in [5.74, 6) is 0. The van der Waals surface area contributed by atoms with Gasteiger partial charge in [0.05, 0.1) is 0 Å². The standard InChI is InChI=1S/C17H34NO2/c1-5-6-7-8-9-10-11-12-13-14-15-18-16(19)20-17(2,3)4/h1,5-15H2,2-4H3,(H,18,19). The number of hydrogen-bond donors (Lipinski definition) is 1. The molecule has 1 radical (unpaired) electrons. The van der Waals surface area contributed by atoms with Crippen molar-refractivity contribution in [3.05, 3.63) is 6.92 Å². The molecule has 0 unspecified atom stereocenters. The van der Waals surface area contributed by atoms with Crippen LogP contribution in [-0.2, 0) is 4.74 Å². The Morgan fingerprint density at radius 2 is 1.35 bits per heavy atom. The summed E-state index contributed by atoms with van der Waals surface area (Å²) >= 11 is 0. The normalized spacial score (nSPS) is 11.4. The van der Waals surface area contributed by atoms with Crippen LogP contribution in [0, 0.1) is 6.92 Å². The largest absolute Gasteiger partial charge is 0.444 e. The molecular formula is C17H34NO2. The number of rotatable bonds is 11. The summed E-state index contributed by atoms with van der Waals surface area (Å²) < 4.78 is 5.18. The van der Waals surface area contributed by atoms with Gasteiger partial charge in [0.15, 0.2) is 0 Å². The lowest BCUT2D eigenvalue weighted by Crippen LogP contribution is -2.32. The van der Waals surface area contributed by atoms with Gasteiger partial charge in [-0.3, -0.25) is 0 Å². The number of nitrogens with one attached hydrogen (secondary N) is 1. The summed E-state index contributed by atoms with van der Waals surface area (Å²) in [6.45, 7) is 10.2. The molecule has 0 spiro atoms. The second-order valence-corrected chi connectivity index (χ2v) is 6.46. The highest BCUT2D eigenvalue weighted by molar-refractivity contribution is 5.67. The summed E-state index contributed by atoms with van der Waals surface area (Å²) in [7, 11) is 0. The van der Waals surface area contributed by atoms with E-state index < -0.39 is 5.60 Å². The minimum Gasteiger partial charge on any atom is -0.444 e. The highest BCUT2D eigenvalue weighted by Crippen LogP contribution is 2.10. The molecule has 0 saturated carbocycles. The van der Waals surface area contributed by atoms with Crippen molar-refractivity contribution in [2.75, 3.05) is 6.54 Å². The molecule has 119 valence electrons. The predicted molar refractivity (Wildman–Crippen MR) is 85.8 cm³/mol. The molecule has 20 heavy (non-hydrogen) atoms. The van der Waals surface area contributed by atoms with Crippen LogP contribution >= 0.6 is 0 Å². The van der Waals surface area contributed by atoms with Crippen molar-refractivity contribution in [3.63, 3.8) is 0 Å². The zero-order chi connectivity index (χ0) is 15.3. The number of ether oxygens (including phenoxy) is 1. The van der Waals surface area contributed by atoms with Crippen molar-refractivity contribution in [1.82, 2.24) is 5.32 Å². The van der Waals surface area contributed by atoms with Crippen LogP contribution in [0.15, 0.2) is 0 Å². The molecule has 0 aliphatic carbocycles. The van der Waals surface area contributed by atoms with Crippen molar-refractivity contribution in [1.29, 1.82) is 0 Å². The fourth-order valence-electron chi connectivity index (χ4n) is 2.04. The number of carbonyl (C=O) groups excluding carboxylic acids is 1. The minimum absolute atomic E-state index is 0.303. The van der Waals surface area contributed by atoms with Crippen molar-refractivity contribution in [2.45, 2.75) is 90.6 Å². The van der Waals surface area contributed by atoms with Gasteiger partial charge in [-0.15, -0.1) is 0 Å². The molecule has 3 nitrogen and oxygen atoms in total. The summed E-state index contributed by atoms with van der Waals surface area (Å²) in [6, 6.07) is 0. The Labute approximate surface area is 125 Å². The zero-order valence-electron chi connectivity index (χ0n) is 13.8. The van der Waals surface area contributed by atoms with E-state index >= 15 is 0 Å². The van der Waals surface area contributed by atoms with E-state index in [1.165, 1.54) is 51.4 Å². The van der Waals surface area contributed by atoms with Crippen molar-refractivity contribution in [3.8, 4) is 0 Å². The number of hydrogen-bond acceptors (Lipinski definition) is 2. The van der Waals surface area contributed by atoms with E-state index in [-0.39, 0.29) is 6.09 Å². The van der Waals surface area contributed by atoms with E-state index in [0.29, 0.717) is 0 Å². The molecule has 0 bridgehead atoms. The Morgan fingerprint density at radius 1 is 0.900 bits per heavy atom. The van der Waals surface area contributed by atoms with Crippen molar-refractivity contribution >= 4 is 6.09 Å². The molecular weight excluding hydrogens is 250 g/mol. The van der Waals surface area contributed by atoms with Crippen LogP contribution < -0.4 is 5.32 Å². The molecule has 1 amide bonds. The van der Waals surface area contributed by atoms with E-state index in [1.54, 1.807) is 0 Å². The Morgan fingerprint density at radius 3 is 1.80 bits per heavy atom. The van der Waals surface area contributed by atoms with Gasteiger partial charge < -0.3 is 10.1 Å². The Balaban J connectivity index is 3.19. The maximum Gasteiger partial charge on any atom is 0.407 e. The van der Waals surface area contributed by atoms with Crippen molar-refractivity contribution in [2.24, 2.45) is 0 Å². The molecule has 0 saturated heterocycles. The molecule has 1 N–H and O–H groups in total. The topological polar surface area (TPSA) is 38.3 Å². The Hall–Kier alpha value is -0.730. The van der Waals surface area contributed by atoms with E-state index in [4.69, 9.17) is 4.74 Å². The summed E-state index contributed by atoms with van der Waals surface area (Å²) in [5, 5.41) is 2.80. The quantitative estimate of drug-likeness (QED) is 0.526. The van der Waals surface area contributed by atoms with Gasteiger partial charge in [0.25, 0.3) is 0 Å². The predicted octanol–water partition coefficient (Wildman–Crippen LogP) is 5.25. The van der Waals surface area contributed by atoms with E-state index in [0.717, 1.165) is 19.4 Å². The minimum atomic E-state index is -0.405. The molecule has 0 aromatic carbocycles. The van der Waals surface area contributed by atoms with Crippen LogP contribution in [0.2, 0.25) is 0 Å². The first-order valence-corrected chi connectivity index (χ1v) is 8.22. The first-order valence-electron chi connectivity index (χ1n) is 8.22. The molecule has 0 aromatic rings. The summed E-state index contributed by atoms with van der Waals surface area (Å²) in [4.78, 5) is 11.4. The van der Waals surface area contributed by atoms with Gasteiger partial charge in [-0.05, 0) is 27.2 Å². The van der Waals surface area contributed by atoms with Gasteiger partial charge in [0.1, 0.15) is 5.60 Å². The number of carbonyl (C=O) groups is 1. The molecule has 0 heterocycles. The van der Waals surface area contributed by atoms with Crippen molar-refractivity contribution < 1.29 is 9.53 Å². The third-order valence-corrected chi connectivity index (χ3v) is 3.09. The smallest absolute Gasteiger partial charge is 0.407 e. The molecule has 0 rings (SSSR count). The third-order valence-electron chi connectivity index (χ3n) is 3.09. The van der Waals surface area contributed by atoms with Gasteiger partial charge in [0.2, 0.25) is 0 Å². The van der Waals surface area contributed by atoms with Gasteiger partial charge in [-0.25, -0.2) is 4.79 Å². The summed E-state index contributed by atoms with van der Waals surface area (Å²) in [5.41, 5.74) is -0.405. The fourth-order valence-corrected chi connectivity index (χ4v) is 2.04. The van der Waals surface area contributed by atoms with E-state index in [9.17, 15) is 4.79 Å². The Bertz CT molecular complexity index is 234. The van der Waals surface area contributed by atoms with Gasteiger partial charge in [-0.1, -0.05) is 64.7 Å². The molecule has 0 fully saturated rings. The first kappa shape index (κ1) is 19.3. The van der Waals surface area contributed by atoms with Crippen LogP contribution in [0.4, 0.5) is 4.79 Å². The number of alkyl carbamates (subject to hydrolysis) is 1. The molecule has 0 aliphatic rings. The monoisotopic (exact) mass is 284 g/mol. The second kappa shape index (κ2) is 12.0. The van der Waals surface area contributed by atoms with Gasteiger partial charge >= 0.3 is 6.09 Å². The van der Waals surface area contributed by atoms with Crippen LogP contribution in [0.25, 0.3) is 0 Å². The maximum absolute atomic E-state index is 11.4. The van der Waals surface area contributed by atoms with Gasteiger partial charge in [0, 0.05) is 6.54 Å². The lowest BCUT2D eigenvalue weighted by molar-refractivity contribution is 0.0527. The number of unbranched alkanes of at least 4 members (excludes halogenated alkanes) is 9. The van der Waals surface area contributed by atoms with E-state index in [2.05, 4.69) is 12.2 Å². The third kappa shape index (κ3) is 15.3. The average Bonchev–Trinajstić information content (AvgIpc) is 2.34. The molecule has 0 aliphatic heterocycles. The molecule has 0 atom stereocenters. The average molecular weight is 284 g/mol. The highest BCUT2D eigenvalue weighted by Gasteiger charge is 2.15. The second-order valence-electron chi connectivity index (χ2n) is 6.46. The number of amides is 1. The van der Waals surface area contributed by atoms with Crippen LogP contribution in [-0.4, -0.2) is 18.2 Å². The fraction of sp³-hybridized carbons (Fsp3) is 0.882. The van der Waals surface area contributed by atoms with E-state index in [1.807, 2.05) is 20.8 Å². The Kier molecular flexibility index (Phi) is 11.6. The SMILES string of the molecule is [CH2]CCCCCCCCCCCNC(=O)OC(C)(C)C. The first-order chi connectivity index (χ1) is 9.45. The lowest BCUT2D eigenvalue weighted by atomic mass is 10.1. The van der Waals surface area contributed by atoms with Crippen LogP contribution in [0.5, 0.6) is 0 Å².